The molecule has 2 saturated carbocycles. The van der Waals surface area contributed by atoms with Crippen molar-refractivity contribution in [3.63, 3.8) is 0 Å². The zero-order valence-electron chi connectivity index (χ0n) is 28.8. The number of hydrogen-bond acceptors (Lipinski definition) is 8. The molecule has 0 spiro atoms. The Morgan fingerprint density at radius 2 is 1.27 bits per heavy atom. The van der Waals surface area contributed by atoms with Crippen molar-refractivity contribution in [1.29, 1.82) is 0 Å². The van der Waals surface area contributed by atoms with E-state index in [1.54, 1.807) is 0 Å². The summed E-state index contributed by atoms with van der Waals surface area (Å²) in [5.41, 5.74) is 2.27. The number of rotatable bonds is 13. The molecule has 4 fully saturated rings. The summed E-state index contributed by atoms with van der Waals surface area (Å²) < 4.78 is 5.60. The van der Waals surface area contributed by atoms with Gasteiger partial charge in [-0.05, 0) is 120 Å². The van der Waals surface area contributed by atoms with Gasteiger partial charge in [-0.3, -0.25) is 24.2 Å². The van der Waals surface area contributed by atoms with E-state index in [9.17, 15) is 33.9 Å². The Labute approximate surface area is 289 Å². The number of hydrogen-bond donors (Lipinski definition) is 1. The maximum absolute atomic E-state index is 13.1. The third kappa shape index (κ3) is 9.54. The average molecular weight is 680 g/mol. The van der Waals surface area contributed by atoms with Gasteiger partial charge in [-0.1, -0.05) is 25.3 Å². The van der Waals surface area contributed by atoms with Gasteiger partial charge < -0.3 is 19.6 Å². The Morgan fingerprint density at radius 3 is 1.92 bits per heavy atom. The molecule has 2 aliphatic carbocycles. The van der Waals surface area contributed by atoms with E-state index in [0.717, 1.165) is 101 Å². The summed E-state index contributed by atoms with van der Waals surface area (Å²) in [5, 5.41) is 9.51. The Balaban J connectivity index is 1.01. The number of ketones is 2. The number of aliphatic carboxylic acids is 1. The van der Waals surface area contributed by atoms with Crippen molar-refractivity contribution in [2.45, 2.75) is 140 Å². The van der Waals surface area contributed by atoms with E-state index in [-0.39, 0.29) is 30.1 Å². The predicted octanol–water partition coefficient (Wildman–Crippen LogP) is 5.18. The topological polar surface area (TPSA) is 151 Å². The third-order valence-corrected chi connectivity index (χ3v) is 11.2. The number of carboxylic acids is 1. The van der Waals surface area contributed by atoms with Crippen LogP contribution in [0.15, 0.2) is 18.5 Å². The lowest BCUT2D eigenvalue weighted by Gasteiger charge is -2.34. The van der Waals surface area contributed by atoms with Gasteiger partial charge in [0.2, 0.25) is 11.6 Å². The van der Waals surface area contributed by atoms with Crippen molar-refractivity contribution in [3.8, 4) is 0 Å². The average Bonchev–Trinajstić information content (AvgIpc) is 3.15. The Hall–Kier alpha value is -3.63. The number of esters is 1. The quantitative estimate of drug-likeness (QED) is 0.169. The summed E-state index contributed by atoms with van der Waals surface area (Å²) in [6.45, 7) is 1.04. The van der Waals surface area contributed by atoms with Gasteiger partial charge in [-0.25, -0.2) is 9.59 Å². The van der Waals surface area contributed by atoms with Crippen LogP contribution in [-0.2, 0) is 39.9 Å². The summed E-state index contributed by atoms with van der Waals surface area (Å²) in [5.74, 6) is -3.69. The first-order chi connectivity index (χ1) is 23.7. The second-order valence-corrected chi connectivity index (χ2v) is 14.6. The first-order valence-electron chi connectivity index (χ1n) is 18.8. The van der Waals surface area contributed by atoms with E-state index in [0.29, 0.717) is 45.2 Å². The molecule has 2 aliphatic heterocycles. The van der Waals surface area contributed by atoms with Crippen LogP contribution in [0, 0.1) is 11.8 Å². The second-order valence-electron chi connectivity index (χ2n) is 14.6. The van der Waals surface area contributed by atoms with Gasteiger partial charge in [0, 0.05) is 37.3 Å². The van der Waals surface area contributed by atoms with Crippen LogP contribution in [0.1, 0.15) is 133 Å². The number of piperidine rings is 2. The molecule has 1 aromatic heterocycles. The monoisotopic (exact) mass is 679 g/mol. The van der Waals surface area contributed by atoms with E-state index >= 15 is 0 Å². The van der Waals surface area contributed by atoms with E-state index in [4.69, 9.17) is 4.74 Å². The zero-order chi connectivity index (χ0) is 34.8. The van der Waals surface area contributed by atoms with Crippen molar-refractivity contribution in [2.75, 3.05) is 19.7 Å². The molecule has 11 heteroatoms. The molecule has 3 heterocycles. The molecule has 0 aromatic carbocycles. The summed E-state index contributed by atoms with van der Waals surface area (Å²) in [6.07, 6.45) is 18.5. The molecule has 2 atom stereocenters. The minimum Gasteiger partial charge on any atom is -0.480 e. The molecule has 0 bridgehead atoms. The van der Waals surface area contributed by atoms with Gasteiger partial charge in [-0.15, -0.1) is 0 Å². The van der Waals surface area contributed by atoms with Crippen molar-refractivity contribution in [2.24, 2.45) is 11.8 Å². The number of carbonyl (C=O) groups excluding carboxylic acids is 5. The summed E-state index contributed by atoms with van der Waals surface area (Å²) in [4.78, 5) is 83.7. The standard InChI is InChI=1S/C38H53N3O8/c42-33(28-12-4-1-5-13-28)36(45)41-21-9-7-15-32(41)38(48)49-22-10-2-3-11-26-23-30(25-39-24-26)27-16-18-29(19-17-27)34(43)35(44)40-20-8-6-14-31(40)37(46)47/h23-25,27-29,31-32H,1-22H2,(H,46,47). The molecule has 5 rings (SSSR count). The van der Waals surface area contributed by atoms with Crippen LogP contribution in [0.25, 0.3) is 0 Å². The van der Waals surface area contributed by atoms with Crippen LogP contribution in [0.5, 0.6) is 0 Å². The number of pyridine rings is 1. The lowest BCUT2D eigenvalue weighted by atomic mass is 9.77. The maximum atomic E-state index is 13.1. The van der Waals surface area contributed by atoms with Gasteiger partial charge in [0.05, 0.1) is 6.61 Å². The minimum atomic E-state index is -1.04. The first-order valence-corrected chi connectivity index (χ1v) is 18.8. The molecule has 11 nitrogen and oxygen atoms in total. The highest BCUT2D eigenvalue weighted by Gasteiger charge is 2.40. The lowest BCUT2D eigenvalue weighted by Crippen LogP contribution is -2.52. The molecule has 1 aromatic rings. The SMILES string of the molecule is O=C(C(=O)N1CCCCC1C(=O)O)C1CCC(c2cncc(CCCCCOC(=O)C3CCCCN3C(=O)C(=O)C3CCCCC3)c2)CC1. The summed E-state index contributed by atoms with van der Waals surface area (Å²) >= 11 is 0. The summed E-state index contributed by atoms with van der Waals surface area (Å²) in [7, 11) is 0. The number of ether oxygens (including phenoxy) is 1. The number of nitrogens with zero attached hydrogens (tertiary/aromatic N) is 3. The van der Waals surface area contributed by atoms with Crippen molar-refractivity contribution < 1.29 is 38.6 Å². The highest BCUT2D eigenvalue weighted by atomic mass is 16.5. The fourth-order valence-corrected chi connectivity index (χ4v) is 8.28. The van der Waals surface area contributed by atoms with E-state index in [1.807, 2.05) is 12.4 Å². The van der Waals surface area contributed by atoms with E-state index in [2.05, 4.69) is 11.1 Å². The van der Waals surface area contributed by atoms with Gasteiger partial charge >= 0.3 is 11.9 Å². The molecular weight excluding hydrogens is 626 g/mol. The van der Waals surface area contributed by atoms with Gasteiger partial charge in [0.25, 0.3) is 11.8 Å². The number of aromatic nitrogens is 1. The fourth-order valence-electron chi connectivity index (χ4n) is 8.28. The minimum absolute atomic E-state index is 0.209. The largest absolute Gasteiger partial charge is 0.480 e. The Bertz CT molecular complexity index is 1350. The van der Waals surface area contributed by atoms with Crippen molar-refractivity contribution >= 4 is 35.3 Å². The molecule has 2 saturated heterocycles. The molecule has 1 N–H and O–H groups in total. The fraction of sp³-hybridized carbons (Fsp3) is 0.711. The van der Waals surface area contributed by atoms with Crippen LogP contribution >= 0.6 is 0 Å². The Morgan fingerprint density at radius 1 is 0.673 bits per heavy atom. The van der Waals surface area contributed by atoms with Crippen LogP contribution in [0.3, 0.4) is 0 Å². The van der Waals surface area contributed by atoms with Crippen LogP contribution in [0.4, 0.5) is 0 Å². The lowest BCUT2D eigenvalue weighted by molar-refractivity contribution is -0.160. The molecule has 268 valence electrons. The van der Waals surface area contributed by atoms with Crippen molar-refractivity contribution in [3.05, 3.63) is 29.6 Å². The van der Waals surface area contributed by atoms with Gasteiger partial charge in [0.15, 0.2) is 0 Å². The van der Waals surface area contributed by atoms with Gasteiger partial charge in [-0.2, -0.15) is 0 Å². The summed E-state index contributed by atoms with van der Waals surface area (Å²) in [6, 6.07) is 0.605. The third-order valence-electron chi connectivity index (χ3n) is 11.2. The number of amides is 2. The molecule has 2 unspecified atom stereocenters. The van der Waals surface area contributed by atoms with Gasteiger partial charge in [0.1, 0.15) is 12.1 Å². The molecule has 4 aliphatic rings. The van der Waals surface area contributed by atoms with Crippen LogP contribution in [0.2, 0.25) is 0 Å². The highest BCUT2D eigenvalue weighted by molar-refractivity contribution is 6.37. The maximum Gasteiger partial charge on any atom is 0.328 e. The Kier molecular flexibility index (Phi) is 13.4. The normalized spacial score (nSPS) is 25.0. The predicted molar refractivity (Wildman–Crippen MR) is 180 cm³/mol. The smallest absolute Gasteiger partial charge is 0.328 e. The second kappa shape index (κ2) is 17.9. The molecule has 49 heavy (non-hydrogen) atoms. The number of unbranched alkanes of at least 4 members (excludes halogenated alkanes) is 2. The highest BCUT2D eigenvalue weighted by Crippen LogP contribution is 2.37. The number of aryl methyl sites for hydroxylation is 1. The number of carbonyl (C=O) groups is 6. The van der Waals surface area contributed by atoms with Crippen molar-refractivity contribution in [1.82, 2.24) is 14.8 Å². The molecule has 0 radical (unpaired) electrons. The number of carboxylic acid groups (broad SMARTS) is 1. The molecular formula is C38H53N3O8. The van der Waals surface area contributed by atoms with Crippen LogP contribution in [-0.4, -0.2) is 87.0 Å². The number of likely N-dealkylation sites (tertiary alicyclic amines) is 2. The van der Waals surface area contributed by atoms with E-state index in [1.165, 1.54) is 9.80 Å². The first kappa shape index (κ1) is 36.6. The van der Waals surface area contributed by atoms with E-state index < -0.39 is 41.6 Å². The molecule has 2 amide bonds. The number of Topliss-reactive ketones (excluding diaryl/α,β-unsaturated/α-hetero) is 2. The van der Waals surface area contributed by atoms with Crippen LogP contribution < -0.4 is 0 Å². The zero-order valence-corrected chi connectivity index (χ0v) is 28.8.